The predicted octanol–water partition coefficient (Wildman–Crippen LogP) is 4.62. The molecule has 2 aromatic carbocycles. The maximum atomic E-state index is 12.7. The zero-order valence-electron chi connectivity index (χ0n) is 20.6. The molecule has 8 nitrogen and oxygen atoms in total. The number of nitrogens with one attached hydrogen (secondary N) is 2. The molecule has 1 aliphatic rings. The number of hydrogen-bond donors (Lipinski definition) is 2. The average Bonchev–Trinajstić information content (AvgIpc) is 3.49. The molecule has 9 heteroatoms. The van der Waals surface area contributed by atoms with Crippen LogP contribution in [0.15, 0.2) is 78.3 Å². The summed E-state index contributed by atoms with van der Waals surface area (Å²) in [5.41, 5.74) is 3.13. The lowest BCUT2D eigenvalue weighted by atomic mass is 9.92. The van der Waals surface area contributed by atoms with Crippen molar-refractivity contribution in [3.8, 4) is 5.75 Å². The summed E-state index contributed by atoms with van der Waals surface area (Å²) in [5.74, 6) is 0.0247. The SMILES string of the molecule is O=C(CCc1ccccc1OC(=O)c1ccccc1)NC1CCc2nc(NC(=O)c3cccs3)ncc2C1. The fourth-order valence-electron chi connectivity index (χ4n) is 4.35. The third-order valence-electron chi connectivity index (χ3n) is 6.29. The second kappa shape index (κ2) is 11.8. The van der Waals surface area contributed by atoms with Crippen molar-refractivity contribution in [1.29, 1.82) is 0 Å². The molecule has 0 fully saturated rings. The lowest BCUT2D eigenvalue weighted by molar-refractivity contribution is -0.121. The zero-order chi connectivity index (χ0) is 26.3. The molecule has 0 saturated heterocycles. The van der Waals surface area contributed by atoms with E-state index < -0.39 is 5.97 Å². The van der Waals surface area contributed by atoms with Gasteiger partial charge in [-0.3, -0.25) is 14.9 Å². The Kier molecular flexibility index (Phi) is 7.84. The number of aryl methyl sites for hydroxylation is 2. The van der Waals surface area contributed by atoms with Gasteiger partial charge in [0.2, 0.25) is 11.9 Å². The van der Waals surface area contributed by atoms with Crippen LogP contribution < -0.4 is 15.4 Å². The van der Waals surface area contributed by atoms with Crippen LogP contribution in [-0.4, -0.2) is 33.8 Å². The molecule has 0 radical (unpaired) electrons. The number of fused-ring (bicyclic) bond motifs is 1. The molecule has 38 heavy (non-hydrogen) atoms. The first kappa shape index (κ1) is 25.3. The van der Waals surface area contributed by atoms with Gasteiger partial charge in [0, 0.05) is 24.4 Å². The number of anilines is 1. The van der Waals surface area contributed by atoms with Gasteiger partial charge in [-0.25, -0.2) is 14.8 Å². The van der Waals surface area contributed by atoms with Crippen molar-refractivity contribution >= 4 is 35.1 Å². The van der Waals surface area contributed by atoms with Gasteiger partial charge in [0.05, 0.1) is 10.4 Å². The van der Waals surface area contributed by atoms with Crippen molar-refractivity contribution in [3.05, 3.63) is 106 Å². The summed E-state index contributed by atoms with van der Waals surface area (Å²) < 4.78 is 5.60. The number of esters is 1. The van der Waals surface area contributed by atoms with Crippen molar-refractivity contribution < 1.29 is 19.1 Å². The molecule has 1 unspecified atom stereocenters. The number of ether oxygens (including phenoxy) is 1. The minimum Gasteiger partial charge on any atom is -0.423 e. The van der Waals surface area contributed by atoms with Gasteiger partial charge in [-0.1, -0.05) is 42.5 Å². The average molecular weight is 527 g/mol. The summed E-state index contributed by atoms with van der Waals surface area (Å²) in [4.78, 5) is 46.9. The summed E-state index contributed by atoms with van der Waals surface area (Å²) in [6, 6.07) is 19.6. The smallest absolute Gasteiger partial charge is 0.343 e. The molecule has 0 spiro atoms. The topological polar surface area (TPSA) is 110 Å². The number of rotatable bonds is 8. The van der Waals surface area contributed by atoms with E-state index in [1.807, 2.05) is 29.6 Å². The van der Waals surface area contributed by atoms with Crippen LogP contribution in [0.1, 0.15) is 49.7 Å². The van der Waals surface area contributed by atoms with Crippen LogP contribution >= 0.6 is 11.3 Å². The van der Waals surface area contributed by atoms with E-state index in [0.717, 1.165) is 23.2 Å². The third kappa shape index (κ3) is 6.30. The predicted molar refractivity (Wildman–Crippen MR) is 144 cm³/mol. The second-order valence-electron chi connectivity index (χ2n) is 8.97. The molecule has 4 aromatic rings. The summed E-state index contributed by atoms with van der Waals surface area (Å²) in [5, 5.41) is 7.70. The van der Waals surface area contributed by atoms with Crippen LogP contribution in [0.25, 0.3) is 0 Å². The number of thiophene rings is 1. The molecule has 0 aliphatic heterocycles. The molecule has 2 heterocycles. The van der Waals surface area contributed by atoms with Crippen molar-refractivity contribution in [2.75, 3.05) is 5.32 Å². The van der Waals surface area contributed by atoms with E-state index in [9.17, 15) is 14.4 Å². The van der Waals surface area contributed by atoms with E-state index in [1.54, 1.807) is 48.7 Å². The lowest BCUT2D eigenvalue weighted by Crippen LogP contribution is -2.39. The minimum absolute atomic E-state index is 0.0173. The first-order valence-corrected chi connectivity index (χ1v) is 13.3. The number of aromatic nitrogens is 2. The van der Waals surface area contributed by atoms with Crippen LogP contribution in [0.5, 0.6) is 5.75 Å². The van der Waals surface area contributed by atoms with Crippen LogP contribution in [0.4, 0.5) is 5.95 Å². The maximum absolute atomic E-state index is 12.7. The standard InChI is InChI=1S/C29H26N4O4S/c34-26(15-12-19-7-4-5-10-24(19)37-28(36)20-8-2-1-3-9-20)31-22-13-14-23-21(17-22)18-30-29(32-23)33-27(35)25-11-6-16-38-25/h1-11,16,18,22H,12-15,17H2,(H,31,34)(H,30,32,33,35). The van der Waals surface area contributed by atoms with Gasteiger partial charge in [0.1, 0.15) is 5.75 Å². The largest absolute Gasteiger partial charge is 0.423 e. The summed E-state index contributed by atoms with van der Waals surface area (Å²) in [6.07, 6.45) is 4.51. The van der Waals surface area contributed by atoms with Gasteiger partial charge < -0.3 is 10.1 Å². The van der Waals surface area contributed by atoms with Gasteiger partial charge in [0.25, 0.3) is 5.91 Å². The van der Waals surface area contributed by atoms with Crippen LogP contribution in [0, 0.1) is 0 Å². The Morgan fingerprint density at radius 1 is 1.00 bits per heavy atom. The van der Waals surface area contributed by atoms with Crippen LogP contribution in [-0.2, 0) is 24.1 Å². The van der Waals surface area contributed by atoms with Gasteiger partial charge >= 0.3 is 5.97 Å². The highest BCUT2D eigenvalue weighted by Gasteiger charge is 2.23. The van der Waals surface area contributed by atoms with Crippen molar-refractivity contribution in [2.24, 2.45) is 0 Å². The Morgan fingerprint density at radius 3 is 2.63 bits per heavy atom. The third-order valence-corrected chi connectivity index (χ3v) is 7.16. The van der Waals surface area contributed by atoms with E-state index in [2.05, 4.69) is 20.6 Å². The molecular formula is C29H26N4O4S. The second-order valence-corrected chi connectivity index (χ2v) is 9.92. The fourth-order valence-corrected chi connectivity index (χ4v) is 4.97. The van der Waals surface area contributed by atoms with E-state index in [0.29, 0.717) is 35.5 Å². The Morgan fingerprint density at radius 2 is 1.82 bits per heavy atom. The quantitative estimate of drug-likeness (QED) is 0.256. The summed E-state index contributed by atoms with van der Waals surface area (Å²) in [7, 11) is 0. The number of nitrogens with zero attached hydrogens (tertiary/aromatic N) is 2. The number of carbonyl (C=O) groups excluding carboxylic acids is 3. The molecule has 0 saturated carbocycles. The lowest BCUT2D eigenvalue weighted by Gasteiger charge is -2.25. The van der Waals surface area contributed by atoms with E-state index in [4.69, 9.17) is 4.74 Å². The molecule has 2 N–H and O–H groups in total. The summed E-state index contributed by atoms with van der Waals surface area (Å²) in [6.45, 7) is 0. The number of carbonyl (C=O) groups is 3. The molecule has 1 aliphatic carbocycles. The molecule has 192 valence electrons. The molecule has 0 bridgehead atoms. The maximum Gasteiger partial charge on any atom is 0.343 e. The molecule has 5 rings (SSSR count). The molecule has 1 atom stereocenters. The van der Waals surface area contributed by atoms with E-state index in [1.165, 1.54) is 11.3 Å². The van der Waals surface area contributed by atoms with Gasteiger partial charge in [0.15, 0.2) is 0 Å². The van der Waals surface area contributed by atoms with Crippen molar-refractivity contribution in [3.63, 3.8) is 0 Å². The van der Waals surface area contributed by atoms with Crippen LogP contribution in [0.3, 0.4) is 0 Å². The Balaban J connectivity index is 1.13. The van der Waals surface area contributed by atoms with Crippen molar-refractivity contribution in [2.45, 2.75) is 38.1 Å². The van der Waals surface area contributed by atoms with Gasteiger partial charge in [-0.2, -0.15) is 0 Å². The minimum atomic E-state index is -0.431. The first-order valence-electron chi connectivity index (χ1n) is 12.4. The molecule has 2 aromatic heterocycles. The highest BCUT2D eigenvalue weighted by molar-refractivity contribution is 7.12. The Hall–Kier alpha value is -4.37. The number of benzene rings is 2. The highest BCUT2D eigenvalue weighted by atomic mass is 32.1. The van der Waals surface area contributed by atoms with Gasteiger partial charge in [-0.15, -0.1) is 11.3 Å². The number of para-hydroxylation sites is 1. The van der Waals surface area contributed by atoms with E-state index >= 15 is 0 Å². The Bertz CT molecular complexity index is 1440. The fraction of sp³-hybridized carbons (Fsp3) is 0.207. The Labute approximate surface area is 224 Å². The monoisotopic (exact) mass is 526 g/mol. The van der Waals surface area contributed by atoms with Gasteiger partial charge in [-0.05, 0) is 66.5 Å². The molecule has 2 amide bonds. The normalized spacial score (nSPS) is 14.3. The molecular weight excluding hydrogens is 500 g/mol. The summed E-state index contributed by atoms with van der Waals surface area (Å²) >= 11 is 1.36. The van der Waals surface area contributed by atoms with Crippen molar-refractivity contribution in [1.82, 2.24) is 15.3 Å². The highest BCUT2D eigenvalue weighted by Crippen LogP contribution is 2.23. The number of hydrogen-bond acceptors (Lipinski definition) is 7. The van der Waals surface area contributed by atoms with E-state index in [-0.39, 0.29) is 30.2 Å². The number of amides is 2. The van der Waals surface area contributed by atoms with Crippen LogP contribution in [0.2, 0.25) is 0 Å². The zero-order valence-corrected chi connectivity index (χ0v) is 21.4. The first-order chi connectivity index (χ1) is 18.5.